The number of rotatable bonds is 3. The lowest BCUT2D eigenvalue weighted by molar-refractivity contribution is 0.132. The second kappa shape index (κ2) is 6.10. The second-order valence-electron chi connectivity index (χ2n) is 4.27. The van der Waals surface area contributed by atoms with E-state index in [0.717, 1.165) is 26.1 Å². The average molecular weight is 238 g/mol. The van der Waals surface area contributed by atoms with Crippen molar-refractivity contribution in [3.8, 4) is 0 Å². The molecular formula is C13H19FN2O. The van der Waals surface area contributed by atoms with Crippen LogP contribution in [0.4, 0.5) is 4.39 Å². The van der Waals surface area contributed by atoms with Crippen molar-refractivity contribution in [2.24, 2.45) is 5.73 Å². The number of ether oxygens (including phenoxy) is 1. The van der Waals surface area contributed by atoms with Crippen molar-refractivity contribution in [2.45, 2.75) is 12.5 Å². The molecule has 2 rings (SSSR count). The number of nitrogens with zero attached hydrogens (tertiary/aromatic N) is 1. The maximum atomic E-state index is 13.8. The summed E-state index contributed by atoms with van der Waals surface area (Å²) in [4.78, 5) is 2.21. The fourth-order valence-electron chi connectivity index (χ4n) is 2.30. The predicted molar refractivity (Wildman–Crippen MR) is 65.2 cm³/mol. The van der Waals surface area contributed by atoms with Crippen LogP contribution in [0.3, 0.4) is 0 Å². The van der Waals surface area contributed by atoms with Crippen LogP contribution in [0.15, 0.2) is 24.3 Å². The molecule has 1 atom stereocenters. The lowest BCUT2D eigenvalue weighted by Crippen LogP contribution is -2.36. The second-order valence-corrected chi connectivity index (χ2v) is 4.27. The Morgan fingerprint density at radius 1 is 1.29 bits per heavy atom. The lowest BCUT2D eigenvalue weighted by atomic mass is 10.0. The molecule has 4 heteroatoms. The minimum absolute atomic E-state index is 0.0436. The minimum Gasteiger partial charge on any atom is -0.380 e. The van der Waals surface area contributed by atoms with Crippen molar-refractivity contribution in [1.82, 2.24) is 4.90 Å². The summed E-state index contributed by atoms with van der Waals surface area (Å²) >= 11 is 0. The van der Waals surface area contributed by atoms with E-state index in [4.69, 9.17) is 10.5 Å². The third-order valence-corrected chi connectivity index (χ3v) is 3.19. The highest BCUT2D eigenvalue weighted by molar-refractivity contribution is 5.21. The van der Waals surface area contributed by atoms with E-state index >= 15 is 0 Å². The topological polar surface area (TPSA) is 38.5 Å². The highest BCUT2D eigenvalue weighted by atomic mass is 19.1. The van der Waals surface area contributed by atoms with Gasteiger partial charge in [-0.3, -0.25) is 4.90 Å². The zero-order chi connectivity index (χ0) is 12.1. The predicted octanol–water partition coefficient (Wildman–Crippen LogP) is 1.55. The Labute approximate surface area is 101 Å². The molecular weight excluding hydrogens is 219 g/mol. The van der Waals surface area contributed by atoms with Gasteiger partial charge in [0, 0.05) is 37.8 Å². The summed E-state index contributed by atoms with van der Waals surface area (Å²) in [6, 6.07) is 6.83. The van der Waals surface area contributed by atoms with E-state index in [1.54, 1.807) is 6.07 Å². The van der Waals surface area contributed by atoms with E-state index in [-0.39, 0.29) is 11.9 Å². The molecule has 0 amide bonds. The third-order valence-electron chi connectivity index (χ3n) is 3.19. The van der Waals surface area contributed by atoms with Gasteiger partial charge in [0.2, 0.25) is 0 Å². The van der Waals surface area contributed by atoms with E-state index in [1.807, 2.05) is 12.1 Å². The van der Waals surface area contributed by atoms with Crippen molar-refractivity contribution in [3.63, 3.8) is 0 Å². The zero-order valence-corrected chi connectivity index (χ0v) is 9.94. The molecule has 3 nitrogen and oxygen atoms in total. The van der Waals surface area contributed by atoms with Crippen LogP contribution in [0, 0.1) is 5.82 Å². The summed E-state index contributed by atoms with van der Waals surface area (Å²) in [7, 11) is 0. The van der Waals surface area contributed by atoms with E-state index in [0.29, 0.717) is 18.7 Å². The van der Waals surface area contributed by atoms with Crippen LogP contribution in [0.25, 0.3) is 0 Å². The molecule has 1 aliphatic rings. The molecule has 17 heavy (non-hydrogen) atoms. The van der Waals surface area contributed by atoms with Gasteiger partial charge < -0.3 is 10.5 Å². The largest absolute Gasteiger partial charge is 0.380 e. The van der Waals surface area contributed by atoms with Crippen molar-refractivity contribution >= 4 is 0 Å². The molecule has 1 saturated heterocycles. The third kappa shape index (κ3) is 3.03. The number of halogens is 1. The van der Waals surface area contributed by atoms with Gasteiger partial charge in [0.05, 0.1) is 6.61 Å². The van der Waals surface area contributed by atoms with Crippen LogP contribution in [-0.2, 0) is 4.74 Å². The fraction of sp³-hybridized carbons (Fsp3) is 0.538. The summed E-state index contributed by atoms with van der Waals surface area (Å²) in [6.07, 6.45) is 0.977. The molecule has 2 N–H and O–H groups in total. The van der Waals surface area contributed by atoms with Crippen LogP contribution >= 0.6 is 0 Å². The Morgan fingerprint density at radius 2 is 2.12 bits per heavy atom. The van der Waals surface area contributed by atoms with Crippen LogP contribution in [-0.4, -0.2) is 37.7 Å². The Hall–Kier alpha value is -0.970. The lowest BCUT2D eigenvalue weighted by Gasteiger charge is -2.29. The molecule has 0 saturated carbocycles. The monoisotopic (exact) mass is 238 g/mol. The summed E-state index contributed by atoms with van der Waals surface area (Å²) in [5.74, 6) is -0.173. The molecule has 1 heterocycles. The number of benzene rings is 1. The van der Waals surface area contributed by atoms with E-state index in [9.17, 15) is 4.39 Å². The van der Waals surface area contributed by atoms with E-state index < -0.39 is 0 Å². The van der Waals surface area contributed by atoms with Crippen molar-refractivity contribution in [2.75, 3.05) is 32.8 Å². The normalized spacial score (nSPS) is 19.9. The van der Waals surface area contributed by atoms with Crippen LogP contribution in [0.1, 0.15) is 18.0 Å². The highest BCUT2D eigenvalue weighted by Crippen LogP contribution is 2.23. The quantitative estimate of drug-likeness (QED) is 0.868. The summed E-state index contributed by atoms with van der Waals surface area (Å²) in [6.45, 7) is 3.64. The molecule has 0 aromatic heterocycles. The number of nitrogens with two attached hydrogens (primary N) is 1. The Kier molecular flexibility index (Phi) is 4.48. The maximum absolute atomic E-state index is 13.8. The van der Waals surface area contributed by atoms with E-state index in [2.05, 4.69) is 4.90 Å². The smallest absolute Gasteiger partial charge is 0.128 e. The first-order valence-corrected chi connectivity index (χ1v) is 6.09. The molecule has 0 radical (unpaired) electrons. The molecule has 0 aliphatic carbocycles. The Morgan fingerprint density at radius 3 is 2.88 bits per heavy atom. The van der Waals surface area contributed by atoms with E-state index in [1.165, 1.54) is 6.07 Å². The molecule has 1 aromatic carbocycles. The fourth-order valence-corrected chi connectivity index (χ4v) is 2.30. The standard InChI is InChI=1S/C13H19FN2O/c14-12-5-2-1-4-11(12)13(10-15)16-6-3-8-17-9-7-16/h1-2,4-5,13H,3,6-10,15H2. The highest BCUT2D eigenvalue weighted by Gasteiger charge is 2.22. The van der Waals surface area contributed by atoms with Gasteiger partial charge in [-0.05, 0) is 12.5 Å². The molecule has 1 aromatic rings. The van der Waals surface area contributed by atoms with Gasteiger partial charge in [0.15, 0.2) is 0 Å². The number of hydrogen-bond donors (Lipinski definition) is 1. The molecule has 0 spiro atoms. The average Bonchev–Trinajstić information content (AvgIpc) is 2.62. The summed E-state index contributed by atoms with van der Waals surface area (Å²) < 4.78 is 19.2. The zero-order valence-electron chi connectivity index (χ0n) is 9.94. The van der Waals surface area contributed by atoms with Crippen molar-refractivity contribution in [3.05, 3.63) is 35.6 Å². The van der Waals surface area contributed by atoms with Gasteiger partial charge in [0.1, 0.15) is 5.82 Å². The minimum atomic E-state index is -0.173. The summed E-state index contributed by atoms with van der Waals surface area (Å²) in [5, 5.41) is 0. The summed E-state index contributed by atoms with van der Waals surface area (Å²) in [5.41, 5.74) is 6.50. The molecule has 1 fully saturated rings. The van der Waals surface area contributed by atoms with Crippen LogP contribution in [0.5, 0.6) is 0 Å². The molecule has 94 valence electrons. The van der Waals surface area contributed by atoms with Gasteiger partial charge in [-0.1, -0.05) is 18.2 Å². The van der Waals surface area contributed by atoms with Crippen LogP contribution in [0.2, 0.25) is 0 Å². The Balaban J connectivity index is 2.17. The van der Waals surface area contributed by atoms with Gasteiger partial charge >= 0.3 is 0 Å². The van der Waals surface area contributed by atoms with Gasteiger partial charge in [0.25, 0.3) is 0 Å². The number of hydrogen-bond acceptors (Lipinski definition) is 3. The first kappa shape index (κ1) is 12.5. The SMILES string of the molecule is NCC(c1ccccc1F)N1CCCOCC1. The molecule has 1 aliphatic heterocycles. The molecule has 0 bridgehead atoms. The van der Waals surface area contributed by atoms with Gasteiger partial charge in [-0.2, -0.15) is 0 Å². The first-order valence-electron chi connectivity index (χ1n) is 6.09. The Bertz CT molecular complexity index is 351. The van der Waals surface area contributed by atoms with Crippen molar-refractivity contribution < 1.29 is 9.13 Å². The van der Waals surface area contributed by atoms with Crippen molar-refractivity contribution in [1.29, 1.82) is 0 Å². The van der Waals surface area contributed by atoms with Crippen LogP contribution < -0.4 is 5.73 Å². The van der Waals surface area contributed by atoms with Gasteiger partial charge in [-0.25, -0.2) is 4.39 Å². The molecule has 1 unspecified atom stereocenters. The maximum Gasteiger partial charge on any atom is 0.128 e. The first-order chi connectivity index (χ1) is 8.33. The van der Waals surface area contributed by atoms with Gasteiger partial charge in [-0.15, -0.1) is 0 Å².